The number of benzene rings is 4. The van der Waals surface area contributed by atoms with Gasteiger partial charge in [0.2, 0.25) is 0 Å². The van der Waals surface area contributed by atoms with Gasteiger partial charge in [0.1, 0.15) is 6.10 Å². The highest BCUT2D eigenvalue weighted by Crippen LogP contribution is 2.30. The van der Waals surface area contributed by atoms with E-state index in [9.17, 15) is 27.9 Å². The molecule has 12 heteroatoms. The van der Waals surface area contributed by atoms with Gasteiger partial charge in [-0.05, 0) is 55.5 Å². The van der Waals surface area contributed by atoms with Crippen LogP contribution in [-0.2, 0) is 33.2 Å². The van der Waals surface area contributed by atoms with Crippen molar-refractivity contribution in [1.29, 1.82) is 0 Å². The number of aliphatic hydroxyl groups excluding tert-OH is 1. The van der Waals surface area contributed by atoms with E-state index in [0.717, 1.165) is 5.56 Å². The Morgan fingerprint density at radius 2 is 1.04 bits per heavy atom. The average molecular weight is 647 g/mol. The molecule has 1 heterocycles. The van der Waals surface area contributed by atoms with Crippen molar-refractivity contribution in [1.82, 2.24) is 0 Å². The lowest BCUT2D eigenvalue weighted by Gasteiger charge is -2.42. The summed E-state index contributed by atoms with van der Waals surface area (Å²) in [6, 6.07) is 29.4. The number of aliphatic hydroxyl groups is 1. The summed E-state index contributed by atoms with van der Waals surface area (Å²) in [6.45, 7) is 1.02. The molecule has 1 aliphatic heterocycles. The van der Waals surface area contributed by atoms with E-state index in [-0.39, 0.29) is 21.6 Å². The molecule has 0 spiro atoms. The van der Waals surface area contributed by atoms with Crippen molar-refractivity contribution in [2.24, 2.45) is 0 Å². The molecule has 0 aliphatic carbocycles. The first kappa shape index (κ1) is 32.5. The molecule has 1 aliphatic rings. The van der Waals surface area contributed by atoms with Gasteiger partial charge in [-0.25, -0.2) is 14.4 Å². The lowest BCUT2D eigenvalue weighted by Crippen LogP contribution is -2.62. The first-order valence-corrected chi connectivity index (χ1v) is 15.6. The predicted octanol–water partition coefficient (Wildman–Crippen LogP) is 4.09. The van der Waals surface area contributed by atoms with Crippen molar-refractivity contribution in [2.75, 3.05) is 6.61 Å². The molecule has 1 saturated heterocycles. The van der Waals surface area contributed by atoms with Crippen LogP contribution in [0, 0.1) is 6.92 Å². The maximum atomic E-state index is 13.3. The number of carbonyl (C=O) groups excluding carboxylic acids is 3. The van der Waals surface area contributed by atoms with Crippen molar-refractivity contribution in [3.8, 4) is 0 Å². The number of hydrogen-bond donors (Lipinski definition) is 1. The molecular weight excluding hydrogens is 616 g/mol. The Morgan fingerprint density at radius 3 is 1.50 bits per heavy atom. The molecule has 1 fully saturated rings. The molecule has 0 radical (unpaired) electrons. The molecule has 1 N–H and O–H groups in total. The fourth-order valence-corrected chi connectivity index (χ4v) is 5.58. The molecule has 5 atom stereocenters. The quantitative estimate of drug-likeness (QED) is 0.151. The summed E-state index contributed by atoms with van der Waals surface area (Å²) in [5, 5.41) is 11.1. The van der Waals surface area contributed by atoms with E-state index in [4.69, 9.17) is 23.1 Å². The molecule has 4 aromatic rings. The van der Waals surface area contributed by atoms with Crippen molar-refractivity contribution >= 4 is 28.0 Å². The zero-order chi connectivity index (χ0) is 32.7. The molecule has 0 bridgehead atoms. The Bertz CT molecular complexity index is 1750. The Kier molecular flexibility index (Phi) is 10.2. The third-order valence-corrected chi connectivity index (χ3v) is 8.36. The Balaban J connectivity index is 1.50. The zero-order valence-electron chi connectivity index (χ0n) is 24.5. The summed E-state index contributed by atoms with van der Waals surface area (Å²) >= 11 is 0. The third-order valence-electron chi connectivity index (χ3n) is 7.06. The fraction of sp³-hybridized carbons (Fsp3) is 0.206. The number of rotatable bonds is 10. The van der Waals surface area contributed by atoms with Crippen molar-refractivity contribution in [3.05, 3.63) is 138 Å². The van der Waals surface area contributed by atoms with Crippen molar-refractivity contribution in [3.63, 3.8) is 0 Å². The van der Waals surface area contributed by atoms with Crippen LogP contribution >= 0.6 is 0 Å². The van der Waals surface area contributed by atoms with Gasteiger partial charge in [-0.2, -0.15) is 8.42 Å². The first-order chi connectivity index (χ1) is 22.1. The Hall–Kier alpha value is -4.88. The van der Waals surface area contributed by atoms with Crippen LogP contribution in [-0.4, -0.2) is 68.7 Å². The molecule has 4 aromatic carbocycles. The highest BCUT2D eigenvalue weighted by atomic mass is 32.2. The zero-order valence-corrected chi connectivity index (χ0v) is 25.3. The van der Waals surface area contributed by atoms with Gasteiger partial charge >= 0.3 is 17.9 Å². The van der Waals surface area contributed by atoms with Gasteiger partial charge in [-0.3, -0.25) is 4.18 Å². The highest BCUT2D eigenvalue weighted by molar-refractivity contribution is 7.86. The number of carbonyl (C=O) groups is 3. The van der Waals surface area contributed by atoms with E-state index >= 15 is 0 Å². The van der Waals surface area contributed by atoms with Gasteiger partial charge in [0, 0.05) is 0 Å². The van der Waals surface area contributed by atoms with Gasteiger partial charge in [-0.1, -0.05) is 72.3 Å². The normalized spacial score (nSPS) is 21.1. The second-order valence-electron chi connectivity index (χ2n) is 10.3. The molecule has 11 nitrogen and oxygen atoms in total. The van der Waals surface area contributed by atoms with Crippen LogP contribution in [0.3, 0.4) is 0 Å². The van der Waals surface area contributed by atoms with E-state index in [2.05, 4.69) is 0 Å². The molecule has 5 rings (SSSR count). The van der Waals surface area contributed by atoms with Crippen LogP contribution in [0.25, 0.3) is 0 Å². The smallest absolute Gasteiger partial charge is 0.338 e. The minimum absolute atomic E-state index is 0.111. The average Bonchev–Trinajstić information content (AvgIpc) is 3.08. The maximum absolute atomic E-state index is 13.3. The second kappa shape index (κ2) is 14.5. The van der Waals surface area contributed by atoms with Gasteiger partial charge in [0.25, 0.3) is 10.1 Å². The van der Waals surface area contributed by atoms with Crippen LogP contribution in [0.4, 0.5) is 0 Å². The van der Waals surface area contributed by atoms with Crippen molar-refractivity contribution < 1.29 is 51.0 Å². The van der Waals surface area contributed by atoms with E-state index < -0.39 is 65.3 Å². The summed E-state index contributed by atoms with van der Waals surface area (Å²) in [6.07, 6.45) is -8.47. The summed E-state index contributed by atoms with van der Waals surface area (Å²) in [7, 11) is -4.35. The molecule has 0 aromatic heterocycles. The molecule has 0 unspecified atom stereocenters. The predicted molar refractivity (Wildman–Crippen MR) is 162 cm³/mol. The second-order valence-corrected chi connectivity index (χ2v) is 11.9. The summed E-state index contributed by atoms with van der Waals surface area (Å²) in [5.74, 6) is -2.67. The minimum Gasteiger partial charge on any atom is -0.452 e. The monoisotopic (exact) mass is 646 g/mol. The standard InChI is InChI=1S/C34H30O11S/c1-22-17-19-26(20-18-22)46(39,40)41-21-27-28(43-31(35)23-11-5-2-6-12-23)29(44-32(36)24-13-7-3-8-14-24)30(34(38)42-27)45-33(37)25-15-9-4-10-16-25/h2-20,27-30,34,38H,21H2,1H3/t27-,28-,29-,30-,34+/m0/s1. The minimum atomic E-state index is -4.35. The lowest BCUT2D eigenvalue weighted by atomic mass is 9.98. The van der Waals surface area contributed by atoms with Crippen LogP contribution in [0.1, 0.15) is 36.6 Å². The van der Waals surface area contributed by atoms with Crippen LogP contribution in [0.2, 0.25) is 0 Å². The molecule has 238 valence electrons. The molecular formula is C34H30O11S. The van der Waals surface area contributed by atoms with E-state index in [1.165, 1.54) is 48.5 Å². The van der Waals surface area contributed by atoms with Gasteiger partial charge in [-0.15, -0.1) is 0 Å². The Morgan fingerprint density at radius 1 is 0.630 bits per heavy atom. The van der Waals surface area contributed by atoms with Gasteiger partial charge in [0.05, 0.1) is 28.2 Å². The van der Waals surface area contributed by atoms with Gasteiger partial charge < -0.3 is 24.1 Å². The maximum Gasteiger partial charge on any atom is 0.338 e. The number of hydrogen-bond acceptors (Lipinski definition) is 11. The van der Waals surface area contributed by atoms with Gasteiger partial charge in [0.15, 0.2) is 24.6 Å². The topological polar surface area (TPSA) is 152 Å². The largest absolute Gasteiger partial charge is 0.452 e. The first-order valence-electron chi connectivity index (χ1n) is 14.2. The summed E-state index contributed by atoms with van der Waals surface area (Å²) in [5.41, 5.74) is 1.17. The van der Waals surface area contributed by atoms with Crippen molar-refractivity contribution in [2.45, 2.75) is 42.5 Å². The third kappa shape index (κ3) is 7.85. The van der Waals surface area contributed by atoms with Crippen LogP contribution in [0.15, 0.2) is 120 Å². The molecule has 46 heavy (non-hydrogen) atoms. The number of esters is 3. The van der Waals surface area contributed by atoms with Crippen LogP contribution < -0.4 is 0 Å². The molecule has 0 saturated carbocycles. The fourth-order valence-electron chi connectivity index (χ4n) is 4.66. The summed E-state index contributed by atoms with van der Waals surface area (Å²) in [4.78, 5) is 39.5. The number of aryl methyl sites for hydroxylation is 1. The van der Waals surface area contributed by atoms with E-state index in [1.54, 1.807) is 73.7 Å². The SMILES string of the molecule is Cc1ccc(S(=O)(=O)OC[C@@H]2O[C@@H](O)[C@@H](OC(=O)c3ccccc3)[C@@H](OC(=O)c3ccccc3)[C@H]2OC(=O)c2ccccc2)cc1. The molecule has 0 amide bonds. The van der Waals surface area contributed by atoms with E-state index in [1.807, 2.05) is 0 Å². The highest BCUT2D eigenvalue weighted by Gasteiger charge is 2.52. The van der Waals surface area contributed by atoms with Crippen LogP contribution in [0.5, 0.6) is 0 Å². The number of ether oxygens (including phenoxy) is 4. The summed E-state index contributed by atoms with van der Waals surface area (Å²) < 4.78 is 54.1. The lowest BCUT2D eigenvalue weighted by molar-refractivity contribution is -0.283. The Labute approximate surface area is 265 Å². The van der Waals surface area contributed by atoms with E-state index in [0.29, 0.717) is 0 Å².